The summed E-state index contributed by atoms with van der Waals surface area (Å²) in [5.41, 5.74) is 2.15. The normalized spacial score (nSPS) is 12.4. The third kappa shape index (κ3) is 2.03. The number of ketones is 1. The van der Waals surface area contributed by atoms with E-state index in [1.807, 2.05) is 43.5 Å². The van der Waals surface area contributed by atoms with Gasteiger partial charge in [0.25, 0.3) is 0 Å². The first kappa shape index (κ1) is 10.6. The van der Waals surface area contributed by atoms with E-state index in [1.165, 1.54) is 0 Å². The predicted octanol–water partition coefficient (Wildman–Crippen LogP) is 2.70. The molecular weight excluding hydrogens is 200 g/mol. The van der Waals surface area contributed by atoms with Crippen molar-refractivity contribution >= 4 is 5.78 Å². The Morgan fingerprint density at radius 2 is 1.94 bits per heavy atom. The van der Waals surface area contributed by atoms with Crippen molar-refractivity contribution in [1.82, 2.24) is 9.78 Å². The molecular formula is C13H14N2O. The summed E-state index contributed by atoms with van der Waals surface area (Å²) >= 11 is 0. The summed E-state index contributed by atoms with van der Waals surface area (Å²) in [6, 6.07) is 9.81. The van der Waals surface area contributed by atoms with Crippen LogP contribution < -0.4 is 0 Å². The molecule has 3 heteroatoms. The number of carbonyl (C=O) groups excluding carboxylic acids is 1. The number of aromatic nitrogens is 2. The van der Waals surface area contributed by atoms with Gasteiger partial charge >= 0.3 is 0 Å². The highest BCUT2D eigenvalue weighted by Crippen LogP contribution is 2.19. The Labute approximate surface area is 94.7 Å². The van der Waals surface area contributed by atoms with Crippen LogP contribution in [0.15, 0.2) is 42.7 Å². The standard InChI is InChI=1S/C13H14N2O/c1-10(11(2)16)15-9-13(8-14-15)12-6-4-3-5-7-12/h3-10H,1-2H3. The molecule has 0 saturated carbocycles. The molecule has 3 nitrogen and oxygen atoms in total. The smallest absolute Gasteiger partial charge is 0.154 e. The summed E-state index contributed by atoms with van der Waals surface area (Å²) in [7, 11) is 0. The second-order valence-corrected chi connectivity index (χ2v) is 3.86. The summed E-state index contributed by atoms with van der Waals surface area (Å²) in [5, 5.41) is 4.21. The number of Topliss-reactive ketones (excluding diaryl/α,β-unsaturated/α-hetero) is 1. The van der Waals surface area contributed by atoms with Crippen molar-refractivity contribution in [2.75, 3.05) is 0 Å². The molecule has 1 aromatic heterocycles. The lowest BCUT2D eigenvalue weighted by Crippen LogP contribution is -2.13. The van der Waals surface area contributed by atoms with Gasteiger partial charge in [0.15, 0.2) is 5.78 Å². The highest BCUT2D eigenvalue weighted by atomic mass is 16.1. The van der Waals surface area contributed by atoms with Gasteiger partial charge in [0.2, 0.25) is 0 Å². The van der Waals surface area contributed by atoms with Crippen molar-refractivity contribution < 1.29 is 4.79 Å². The van der Waals surface area contributed by atoms with Gasteiger partial charge in [0.1, 0.15) is 6.04 Å². The van der Waals surface area contributed by atoms with Gasteiger partial charge in [-0.15, -0.1) is 0 Å². The predicted molar refractivity (Wildman–Crippen MR) is 63.1 cm³/mol. The maximum absolute atomic E-state index is 11.2. The van der Waals surface area contributed by atoms with Crippen molar-refractivity contribution in [1.29, 1.82) is 0 Å². The minimum atomic E-state index is -0.197. The minimum Gasteiger partial charge on any atom is -0.298 e. The fraction of sp³-hybridized carbons (Fsp3) is 0.231. The van der Waals surface area contributed by atoms with E-state index in [0.29, 0.717) is 0 Å². The highest BCUT2D eigenvalue weighted by molar-refractivity contribution is 5.79. The molecule has 0 spiro atoms. The van der Waals surface area contributed by atoms with E-state index in [1.54, 1.807) is 17.8 Å². The Hall–Kier alpha value is -1.90. The highest BCUT2D eigenvalue weighted by Gasteiger charge is 2.11. The Balaban J connectivity index is 2.30. The topological polar surface area (TPSA) is 34.9 Å². The minimum absolute atomic E-state index is 0.114. The van der Waals surface area contributed by atoms with Crippen LogP contribution >= 0.6 is 0 Å². The third-order valence-corrected chi connectivity index (χ3v) is 2.69. The molecule has 0 amide bonds. The number of benzene rings is 1. The van der Waals surface area contributed by atoms with E-state index in [4.69, 9.17) is 0 Å². The van der Waals surface area contributed by atoms with Gasteiger partial charge in [0, 0.05) is 11.8 Å². The Kier molecular flexibility index (Phi) is 2.86. The van der Waals surface area contributed by atoms with Crippen LogP contribution in [0.1, 0.15) is 19.9 Å². The van der Waals surface area contributed by atoms with Crippen molar-refractivity contribution in [3.8, 4) is 11.1 Å². The zero-order chi connectivity index (χ0) is 11.5. The molecule has 2 aromatic rings. The number of rotatable bonds is 3. The summed E-state index contributed by atoms with van der Waals surface area (Å²) in [6.07, 6.45) is 3.69. The molecule has 0 aliphatic carbocycles. The van der Waals surface area contributed by atoms with Crippen molar-refractivity contribution in [2.45, 2.75) is 19.9 Å². The molecule has 1 heterocycles. The fourth-order valence-corrected chi connectivity index (χ4v) is 1.52. The van der Waals surface area contributed by atoms with Crippen LogP contribution in [-0.4, -0.2) is 15.6 Å². The lowest BCUT2D eigenvalue weighted by Gasteiger charge is -2.06. The van der Waals surface area contributed by atoms with Crippen molar-refractivity contribution in [2.24, 2.45) is 0 Å². The van der Waals surface area contributed by atoms with Gasteiger partial charge in [-0.05, 0) is 19.4 Å². The van der Waals surface area contributed by atoms with Crippen LogP contribution in [0, 0.1) is 0 Å². The molecule has 16 heavy (non-hydrogen) atoms. The van der Waals surface area contributed by atoms with Gasteiger partial charge < -0.3 is 0 Å². The first-order chi connectivity index (χ1) is 7.68. The van der Waals surface area contributed by atoms with Crippen molar-refractivity contribution in [3.63, 3.8) is 0 Å². The Morgan fingerprint density at radius 3 is 2.56 bits per heavy atom. The SMILES string of the molecule is CC(=O)C(C)n1cc(-c2ccccc2)cn1. The van der Waals surface area contributed by atoms with Crippen LogP contribution in [0.25, 0.3) is 11.1 Å². The Morgan fingerprint density at radius 1 is 1.25 bits per heavy atom. The van der Waals surface area contributed by atoms with Crippen LogP contribution in [-0.2, 0) is 4.79 Å². The van der Waals surface area contributed by atoms with E-state index in [2.05, 4.69) is 5.10 Å². The summed E-state index contributed by atoms with van der Waals surface area (Å²) in [4.78, 5) is 11.2. The van der Waals surface area contributed by atoms with E-state index in [0.717, 1.165) is 11.1 Å². The maximum Gasteiger partial charge on any atom is 0.154 e. The molecule has 0 N–H and O–H groups in total. The number of nitrogens with zero attached hydrogens (tertiary/aromatic N) is 2. The lowest BCUT2D eigenvalue weighted by atomic mass is 10.1. The zero-order valence-electron chi connectivity index (χ0n) is 9.42. The average Bonchev–Trinajstić information content (AvgIpc) is 2.78. The number of hydrogen-bond acceptors (Lipinski definition) is 2. The molecule has 0 saturated heterocycles. The van der Waals surface area contributed by atoms with Crippen LogP contribution in [0.2, 0.25) is 0 Å². The second kappa shape index (κ2) is 4.31. The molecule has 0 aliphatic heterocycles. The van der Waals surface area contributed by atoms with E-state index < -0.39 is 0 Å². The van der Waals surface area contributed by atoms with E-state index in [9.17, 15) is 4.79 Å². The molecule has 1 atom stereocenters. The van der Waals surface area contributed by atoms with Gasteiger partial charge in [-0.25, -0.2) is 0 Å². The number of hydrogen-bond donors (Lipinski definition) is 0. The van der Waals surface area contributed by atoms with Crippen molar-refractivity contribution in [3.05, 3.63) is 42.7 Å². The molecule has 1 aromatic carbocycles. The summed E-state index contributed by atoms with van der Waals surface area (Å²) < 4.78 is 1.70. The third-order valence-electron chi connectivity index (χ3n) is 2.69. The van der Waals surface area contributed by atoms with Gasteiger partial charge in [-0.2, -0.15) is 5.10 Å². The maximum atomic E-state index is 11.2. The molecule has 2 rings (SSSR count). The summed E-state index contributed by atoms with van der Waals surface area (Å²) in [5.74, 6) is 0.114. The lowest BCUT2D eigenvalue weighted by molar-refractivity contribution is -0.119. The van der Waals surface area contributed by atoms with Crippen LogP contribution in [0.4, 0.5) is 0 Å². The first-order valence-corrected chi connectivity index (χ1v) is 5.28. The quantitative estimate of drug-likeness (QED) is 0.787. The molecule has 82 valence electrons. The largest absolute Gasteiger partial charge is 0.298 e. The fourth-order valence-electron chi connectivity index (χ4n) is 1.52. The van der Waals surface area contributed by atoms with E-state index in [-0.39, 0.29) is 11.8 Å². The van der Waals surface area contributed by atoms with Crippen LogP contribution in [0.5, 0.6) is 0 Å². The average molecular weight is 214 g/mol. The molecule has 0 fully saturated rings. The summed E-state index contributed by atoms with van der Waals surface area (Å²) in [6.45, 7) is 3.43. The van der Waals surface area contributed by atoms with Gasteiger partial charge in [-0.1, -0.05) is 30.3 Å². The van der Waals surface area contributed by atoms with Gasteiger partial charge in [0.05, 0.1) is 6.20 Å². The van der Waals surface area contributed by atoms with Gasteiger partial charge in [-0.3, -0.25) is 9.48 Å². The molecule has 0 aliphatic rings. The second-order valence-electron chi connectivity index (χ2n) is 3.86. The monoisotopic (exact) mass is 214 g/mol. The molecule has 0 radical (unpaired) electrons. The Bertz CT molecular complexity index is 488. The van der Waals surface area contributed by atoms with Crippen LogP contribution in [0.3, 0.4) is 0 Å². The first-order valence-electron chi connectivity index (χ1n) is 5.28. The molecule has 1 unspecified atom stereocenters. The number of carbonyl (C=O) groups is 1. The zero-order valence-corrected chi connectivity index (χ0v) is 9.42. The van der Waals surface area contributed by atoms with E-state index >= 15 is 0 Å². The molecule has 0 bridgehead atoms.